The van der Waals surface area contributed by atoms with Crippen LogP contribution in [-0.4, -0.2) is 36.9 Å². The molecule has 9 heteroatoms. The van der Waals surface area contributed by atoms with Crippen molar-refractivity contribution < 1.29 is 4.42 Å². The van der Waals surface area contributed by atoms with Gasteiger partial charge in [0.05, 0.1) is 11.6 Å². The number of H-pyrrole nitrogens is 1. The van der Waals surface area contributed by atoms with Gasteiger partial charge in [-0.2, -0.15) is 10.1 Å². The molecule has 3 rings (SSSR count). The molecule has 0 aliphatic heterocycles. The second-order valence-corrected chi connectivity index (χ2v) is 5.04. The minimum absolute atomic E-state index is 0.449. The van der Waals surface area contributed by atoms with Gasteiger partial charge in [0, 0.05) is 13.5 Å². The third-order valence-electron chi connectivity index (χ3n) is 2.50. The van der Waals surface area contributed by atoms with Crippen molar-refractivity contribution in [3.8, 4) is 0 Å². The molecule has 2 N–H and O–H groups in total. The zero-order valence-electron chi connectivity index (χ0n) is 11.0. The van der Waals surface area contributed by atoms with Gasteiger partial charge in [-0.3, -0.25) is 5.10 Å². The molecule has 0 saturated heterocycles. The Morgan fingerprint density at radius 2 is 2.25 bits per heavy atom. The lowest BCUT2D eigenvalue weighted by molar-refractivity contribution is 0.429. The molecule has 0 unspecified atom stereocenters. The van der Waals surface area contributed by atoms with E-state index in [4.69, 9.17) is 4.42 Å². The highest BCUT2D eigenvalue weighted by Crippen LogP contribution is 2.30. The molecule has 8 nitrogen and oxygen atoms in total. The Hall–Kier alpha value is -2.16. The normalized spacial score (nSPS) is 11.1. The van der Waals surface area contributed by atoms with Gasteiger partial charge in [0.15, 0.2) is 5.65 Å². The molecular weight excluding hydrogens is 278 g/mol. The van der Waals surface area contributed by atoms with Crippen LogP contribution in [0.3, 0.4) is 0 Å². The third-order valence-corrected chi connectivity index (χ3v) is 3.34. The molecule has 0 radical (unpaired) electrons. The smallest absolute Gasteiger partial charge is 0.282 e. The summed E-state index contributed by atoms with van der Waals surface area (Å²) in [7, 11) is 0. The van der Waals surface area contributed by atoms with Crippen molar-refractivity contribution in [2.45, 2.75) is 30.5 Å². The van der Waals surface area contributed by atoms with E-state index in [0.29, 0.717) is 22.7 Å². The molecule has 0 spiro atoms. The highest BCUT2D eigenvalue weighted by Gasteiger charge is 2.14. The average Bonchev–Trinajstić information content (AvgIpc) is 3.05. The number of aryl methyl sites for hydroxylation is 1. The Morgan fingerprint density at radius 3 is 3.00 bits per heavy atom. The van der Waals surface area contributed by atoms with Crippen LogP contribution in [0.25, 0.3) is 11.0 Å². The van der Waals surface area contributed by atoms with Crippen LogP contribution in [0, 0.1) is 6.92 Å². The summed E-state index contributed by atoms with van der Waals surface area (Å²) in [5.74, 6) is 1.08. The van der Waals surface area contributed by atoms with Crippen molar-refractivity contribution in [1.82, 2.24) is 30.4 Å². The van der Waals surface area contributed by atoms with E-state index in [1.165, 1.54) is 11.8 Å². The maximum Gasteiger partial charge on any atom is 0.282 e. The summed E-state index contributed by atoms with van der Waals surface area (Å²) >= 11 is 1.30. The Labute approximate surface area is 118 Å². The first kappa shape index (κ1) is 12.9. The molecule has 0 bridgehead atoms. The number of fused-ring (bicyclic) bond motifs is 1. The average molecular weight is 291 g/mol. The van der Waals surface area contributed by atoms with Crippen LogP contribution in [0.5, 0.6) is 0 Å². The fourth-order valence-electron chi connectivity index (χ4n) is 1.60. The van der Waals surface area contributed by atoms with Crippen molar-refractivity contribution in [1.29, 1.82) is 0 Å². The van der Waals surface area contributed by atoms with Crippen LogP contribution in [0.1, 0.15) is 19.2 Å². The van der Waals surface area contributed by atoms with Gasteiger partial charge in [0.1, 0.15) is 5.03 Å². The number of nitrogens with zero attached hydrogens (tertiary/aromatic N) is 5. The summed E-state index contributed by atoms with van der Waals surface area (Å²) in [5, 5.41) is 19.8. The molecule has 3 heterocycles. The minimum atomic E-state index is 0.449. The van der Waals surface area contributed by atoms with Crippen LogP contribution in [0.2, 0.25) is 0 Å². The number of hydrogen-bond acceptors (Lipinski definition) is 8. The van der Waals surface area contributed by atoms with Crippen molar-refractivity contribution in [3.05, 3.63) is 12.1 Å². The quantitative estimate of drug-likeness (QED) is 0.688. The summed E-state index contributed by atoms with van der Waals surface area (Å²) in [4.78, 5) is 8.83. The lowest BCUT2D eigenvalue weighted by atomic mass is 10.4. The van der Waals surface area contributed by atoms with E-state index in [-0.39, 0.29) is 0 Å². The van der Waals surface area contributed by atoms with E-state index in [0.717, 1.165) is 23.4 Å². The number of hydrogen-bond donors (Lipinski definition) is 2. The number of rotatable bonds is 5. The molecule has 3 aromatic heterocycles. The van der Waals surface area contributed by atoms with Crippen molar-refractivity contribution in [2.24, 2.45) is 0 Å². The monoisotopic (exact) mass is 291 g/mol. The highest BCUT2D eigenvalue weighted by atomic mass is 32.2. The molecule has 0 amide bonds. The molecule has 0 saturated carbocycles. The van der Waals surface area contributed by atoms with Gasteiger partial charge >= 0.3 is 0 Å². The molecule has 0 aliphatic carbocycles. The van der Waals surface area contributed by atoms with Crippen molar-refractivity contribution in [3.63, 3.8) is 0 Å². The lowest BCUT2D eigenvalue weighted by Gasteiger charge is -2.04. The molecule has 0 aromatic carbocycles. The van der Waals surface area contributed by atoms with E-state index in [9.17, 15) is 0 Å². The van der Waals surface area contributed by atoms with E-state index in [1.807, 2.05) is 0 Å². The number of aromatic nitrogens is 6. The predicted molar refractivity (Wildman–Crippen MR) is 73.6 cm³/mol. The first-order valence-corrected chi connectivity index (χ1v) is 7.01. The molecule has 0 atom stereocenters. The second-order valence-electron chi connectivity index (χ2n) is 4.10. The topological polar surface area (TPSA) is 105 Å². The van der Waals surface area contributed by atoms with Gasteiger partial charge in [-0.05, 0) is 18.2 Å². The molecular formula is C11H13N7OS. The Bertz CT molecular complexity index is 722. The molecule has 0 aliphatic rings. The first-order valence-electron chi connectivity index (χ1n) is 6.19. The van der Waals surface area contributed by atoms with Gasteiger partial charge in [-0.25, -0.2) is 4.98 Å². The zero-order valence-corrected chi connectivity index (χ0v) is 11.9. The van der Waals surface area contributed by atoms with Crippen molar-refractivity contribution >= 4 is 28.7 Å². The first-order chi connectivity index (χ1) is 9.76. The number of aromatic amines is 1. The summed E-state index contributed by atoms with van der Waals surface area (Å²) in [5.41, 5.74) is 0.678. The van der Waals surface area contributed by atoms with Gasteiger partial charge in [0.25, 0.3) is 5.22 Å². The number of anilines is 1. The molecule has 104 valence electrons. The summed E-state index contributed by atoms with van der Waals surface area (Å²) in [6, 6.07) is 0. The maximum atomic E-state index is 5.36. The fourth-order valence-corrected chi connectivity index (χ4v) is 2.41. The van der Waals surface area contributed by atoms with E-state index in [2.05, 4.69) is 42.6 Å². The SMILES string of the molecule is CCCNc1nc(Sc2nnc(C)o2)c2cn[nH]c2n1. The van der Waals surface area contributed by atoms with E-state index in [1.54, 1.807) is 13.1 Å². The maximum absolute atomic E-state index is 5.36. The zero-order chi connectivity index (χ0) is 13.9. The Morgan fingerprint density at radius 1 is 1.35 bits per heavy atom. The van der Waals surface area contributed by atoms with E-state index >= 15 is 0 Å². The Balaban J connectivity index is 1.96. The van der Waals surface area contributed by atoms with Crippen LogP contribution in [0.15, 0.2) is 20.9 Å². The summed E-state index contributed by atoms with van der Waals surface area (Å²) in [6.07, 6.45) is 2.68. The van der Waals surface area contributed by atoms with Crippen LogP contribution < -0.4 is 5.32 Å². The predicted octanol–water partition coefficient (Wildman–Crippen LogP) is 2.02. The van der Waals surface area contributed by atoms with Gasteiger partial charge in [0.2, 0.25) is 11.8 Å². The fraction of sp³-hybridized carbons (Fsp3) is 0.364. The largest absolute Gasteiger partial charge is 0.416 e. The van der Waals surface area contributed by atoms with Gasteiger partial charge < -0.3 is 9.73 Å². The highest BCUT2D eigenvalue weighted by molar-refractivity contribution is 7.99. The van der Waals surface area contributed by atoms with E-state index < -0.39 is 0 Å². The second kappa shape index (κ2) is 5.45. The Kier molecular flexibility index (Phi) is 3.50. The third kappa shape index (κ3) is 2.57. The van der Waals surface area contributed by atoms with Gasteiger partial charge in [-0.15, -0.1) is 10.2 Å². The summed E-state index contributed by atoms with van der Waals surface area (Å²) in [6.45, 7) is 4.64. The molecule has 3 aromatic rings. The lowest BCUT2D eigenvalue weighted by Crippen LogP contribution is -2.05. The van der Waals surface area contributed by atoms with Gasteiger partial charge in [-0.1, -0.05) is 6.92 Å². The molecule has 20 heavy (non-hydrogen) atoms. The minimum Gasteiger partial charge on any atom is -0.416 e. The molecule has 0 fully saturated rings. The van der Waals surface area contributed by atoms with Crippen molar-refractivity contribution in [2.75, 3.05) is 11.9 Å². The van der Waals surface area contributed by atoms with Crippen LogP contribution >= 0.6 is 11.8 Å². The number of nitrogens with one attached hydrogen (secondary N) is 2. The summed E-state index contributed by atoms with van der Waals surface area (Å²) < 4.78 is 5.36. The standard InChI is InChI=1S/C11H13N7OS/c1-3-4-12-10-14-8-7(5-13-17-8)9(15-10)20-11-18-16-6(2)19-11/h5H,3-4H2,1-2H3,(H2,12,13,14,15,17). The van der Waals surface area contributed by atoms with Crippen LogP contribution in [0.4, 0.5) is 5.95 Å². The van der Waals surface area contributed by atoms with Crippen LogP contribution in [-0.2, 0) is 0 Å².